The zero-order chi connectivity index (χ0) is 13.5. The Morgan fingerprint density at radius 3 is 2.89 bits per heavy atom. The fourth-order valence-electron chi connectivity index (χ4n) is 1.88. The number of aliphatic hydroxyl groups is 1. The molecule has 100 valence electrons. The van der Waals surface area contributed by atoms with Crippen molar-refractivity contribution in [2.75, 3.05) is 13.2 Å². The summed E-state index contributed by atoms with van der Waals surface area (Å²) in [5.74, 6) is -0.143. The molecule has 1 aromatic heterocycles. The molecule has 0 aromatic carbocycles. The second-order valence-corrected chi connectivity index (χ2v) is 4.65. The van der Waals surface area contributed by atoms with Crippen LogP contribution in [0.15, 0.2) is 4.52 Å². The molecule has 0 saturated carbocycles. The van der Waals surface area contributed by atoms with Crippen molar-refractivity contribution >= 4 is 17.2 Å². The van der Waals surface area contributed by atoms with Crippen molar-refractivity contribution < 1.29 is 22.8 Å². The van der Waals surface area contributed by atoms with Gasteiger partial charge < -0.3 is 14.9 Å². The SMILES string of the molecule is CC1CNC(=S)c2onc(C(O)(CF)C(F)F)c21. The van der Waals surface area contributed by atoms with Crippen LogP contribution < -0.4 is 5.32 Å². The molecule has 18 heavy (non-hydrogen) atoms. The Hall–Kier alpha value is -1.15. The van der Waals surface area contributed by atoms with Crippen LogP contribution in [-0.2, 0) is 5.60 Å². The minimum Gasteiger partial charge on any atom is -0.376 e. The van der Waals surface area contributed by atoms with Gasteiger partial charge in [-0.15, -0.1) is 0 Å². The van der Waals surface area contributed by atoms with Crippen molar-refractivity contribution in [1.82, 2.24) is 10.5 Å². The minimum atomic E-state index is -3.30. The van der Waals surface area contributed by atoms with Gasteiger partial charge in [-0.1, -0.05) is 24.3 Å². The predicted octanol–water partition coefficient (Wildman–Crippen LogP) is 1.48. The zero-order valence-corrected chi connectivity index (χ0v) is 10.2. The third-order valence-corrected chi connectivity index (χ3v) is 3.30. The van der Waals surface area contributed by atoms with Gasteiger partial charge in [0, 0.05) is 18.0 Å². The summed E-state index contributed by atoms with van der Waals surface area (Å²) in [4.78, 5) is 0.220. The van der Waals surface area contributed by atoms with E-state index in [0.717, 1.165) is 0 Å². The molecule has 0 saturated heterocycles. The van der Waals surface area contributed by atoms with E-state index in [0.29, 0.717) is 6.54 Å². The molecule has 4 nitrogen and oxygen atoms in total. The van der Waals surface area contributed by atoms with Crippen LogP contribution in [0.25, 0.3) is 0 Å². The number of thiocarbonyl (C=S) groups is 1. The first kappa shape index (κ1) is 13.3. The third kappa shape index (κ3) is 1.79. The molecule has 0 aliphatic carbocycles. The predicted molar refractivity (Wildman–Crippen MR) is 60.5 cm³/mol. The van der Waals surface area contributed by atoms with E-state index < -0.39 is 24.4 Å². The molecule has 0 amide bonds. The highest BCUT2D eigenvalue weighted by molar-refractivity contribution is 7.80. The van der Waals surface area contributed by atoms with E-state index >= 15 is 0 Å². The lowest BCUT2D eigenvalue weighted by atomic mass is 9.88. The number of halogens is 3. The van der Waals surface area contributed by atoms with Gasteiger partial charge in [0.1, 0.15) is 17.4 Å². The molecule has 0 bridgehead atoms. The Bertz CT molecular complexity index is 480. The first-order chi connectivity index (χ1) is 8.41. The third-order valence-electron chi connectivity index (χ3n) is 2.97. The van der Waals surface area contributed by atoms with Crippen molar-refractivity contribution in [3.05, 3.63) is 17.0 Å². The Balaban J connectivity index is 2.57. The van der Waals surface area contributed by atoms with Gasteiger partial charge in [0.2, 0.25) is 0 Å². The molecule has 2 rings (SSSR count). The highest BCUT2D eigenvalue weighted by Gasteiger charge is 2.47. The molecule has 2 N–H and O–H groups in total. The van der Waals surface area contributed by atoms with Crippen molar-refractivity contribution in [1.29, 1.82) is 0 Å². The Labute approximate surface area is 106 Å². The van der Waals surface area contributed by atoms with Gasteiger partial charge in [0.05, 0.1) is 0 Å². The molecule has 2 unspecified atom stereocenters. The van der Waals surface area contributed by atoms with Crippen LogP contribution in [0.1, 0.15) is 29.9 Å². The summed E-state index contributed by atoms with van der Waals surface area (Å²) < 4.78 is 43.3. The lowest BCUT2D eigenvalue weighted by Crippen LogP contribution is -2.40. The fraction of sp³-hybridized carbons (Fsp3) is 0.600. The quantitative estimate of drug-likeness (QED) is 0.821. The van der Waals surface area contributed by atoms with E-state index in [4.69, 9.17) is 16.7 Å². The monoisotopic (exact) mass is 280 g/mol. The molecular weight excluding hydrogens is 269 g/mol. The second kappa shape index (κ2) is 4.51. The second-order valence-electron chi connectivity index (χ2n) is 4.24. The Kier molecular flexibility index (Phi) is 3.33. The van der Waals surface area contributed by atoms with Crippen LogP contribution in [-0.4, -0.2) is 34.9 Å². The summed E-state index contributed by atoms with van der Waals surface area (Å²) in [6, 6.07) is 0. The summed E-state index contributed by atoms with van der Waals surface area (Å²) in [6.07, 6.45) is -3.30. The maximum Gasteiger partial charge on any atom is 0.275 e. The van der Waals surface area contributed by atoms with Gasteiger partial charge >= 0.3 is 0 Å². The number of hydrogen-bond donors (Lipinski definition) is 2. The van der Waals surface area contributed by atoms with Gasteiger partial charge in [-0.3, -0.25) is 0 Å². The minimum absolute atomic E-state index is 0.117. The van der Waals surface area contributed by atoms with Crippen molar-refractivity contribution in [2.45, 2.75) is 24.9 Å². The molecule has 0 radical (unpaired) electrons. The van der Waals surface area contributed by atoms with Gasteiger partial charge in [-0.2, -0.15) is 0 Å². The fourth-order valence-corrected chi connectivity index (χ4v) is 2.11. The molecule has 1 aromatic rings. The van der Waals surface area contributed by atoms with Gasteiger partial charge in [0.25, 0.3) is 6.43 Å². The molecule has 0 spiro atoms. The van der Waals surface area contributed by atoms with E-state index in [1.807, 2.05) is 0 Å². The maximum absolute atomic E-state index is 12.8. The smallest absolute Gasteiger partial charge is 0.275 e. The summed E-state index contributed by atoms with van der Waals surface area (Å²) in [7, 11) is 0. The highest BCUT2D eigenvalue weighted by Crippen LogP contribution is 2.37. The van der Waals surface area contributed by atoms with Crippen LogP contribution in [0.5, 0.6) is 0 Å². The lowest BCUT2D eigenvalue weighted by Gasteiger charge is -2.26. The van der Waals surface area contributed by atoms with Crippen LogP contribution in [0.2, 0.25) is 0 Å². The summed E-state index contributed by atoms with van der Waals surface area (Å²) in [5, 5.41) is 15.9. The maximum atomic E-state index is 12.8. The highest BCUT2D eigenvalue weighted by atomic mass is 32.1. The van der Waals surface area contributed by atoms with E-state index in [1.54, 1.807) is 6.92 Å². The standard InChI is InChI=1S/C10H11F3N2O2S/c1-4-2-14-8(18)6-5(4)7(15-17-6)10(16,3-11)9(12)13/h4,9,16H,2-3H2,1H3,(H,14,18). The number of nitrogens with zero attached hydrogens (tertiary/aromatic N) is 1. The summed E-state index contributed by atoms with van der Waals surface area (Å²) >= 11 is 4.94. The largest absolute Gasteiger partial charge is 0.376 e. The van der Waals surface area contributed by atoms with Crippen molar-refractivity contribution in [3.63, 3.8) is 0 Å². The average molecular weight is 280 g/mol. The average Bonchev–Trinajstić information content (AvgIpc) is 2.79. The van der Waals surface area contributed by atoms with Crippen LogP contribution in [0, 0.1) is 0 Å². The van der Waals surface area contributed by atoms with E-state index in [2.05, 4.69) is 10.5 Å². The lowest BCUT2D eigenvalue weighted by molar-refractivity contribution is -0.118. The Morgan fingerprint density at radius 1 is 1.67 bits per heavy atom. The van der Waals surface area contributed by atoms with E-state index in [9.17, 15) is 18.3 Å². The Morgan fingerprint density at radius 2 is 2.33 bits per heavy atom. The van der Waals surface area contributed by atoms with Gasteiger partial charge in [-0.05, 0) is 0 Å². The molecule has 2 heterocycles. The number of rotatable bonds is 3. The number of fused-ring (bicyclic) bond motifs is 1. The van der Waals surface area contributed by atoms with Crippen molar-refractivity contribution in [2.24, 2.45) is 0 Å². The molecule has 2 atom stereocenters. The van der Waals surface area contributed by atoms with E-state index in [1.165, 1.54) is 0 Å². The van der Waals surface area contributed by atoms with Crippen LogP contribution in [0.4, 0.5) is 13.2 Å². The molecule has 8 heteroatoms. The first-order valence-electron chi connectivity index (χ1n) is 5.26. The van der Waals surface area contributed by atoms with E-state index in [-0.39, 0.29) is 22.2 Å². The normalized spacial score (nSPS) is 22.6. The number of alkyl halides is 3. The molecule has 0 fully saturated rings. The van der Waals surface area contributed by atoms with Crippen LogP contribution in [0.3, 0.4) is 0 Å². The molecule has 1 aliphatic heterocycles. The summed E-state index contributed by atoms with van der Waals surface area (Å²) in [6.45, 7) is 0.473. The van der Waals surface area contributed by atoms with Crippen LogP contribution >= 0.6 is 12.2 Å². The summed E-state index contributed by atoms with van der Waals surface area (Å²) in [5.41, 5.74) is -3.16. The number of aromatic nitrogens is 1. The van der Waals surface area contributed by atoms with Crippen molar-refractivity contribution in [3.8, 4) is 0 Å². The van der Waals surface area contributed by atoms with Gasteiger partial charge in [0.15, 0.2) is 11.4 Å². The zero-order valence-electron chi connectivity index (χ0n) is 9.41. The first-order valence-corrected chi connectivity index (χ1v) is 5.67. The topological polar surface area (TPSA) is 58.3 Å². The molecule has 1 aliphatic rings. The number of hydrogen-bond acceptors (Lipinski definition) is 4. The molecular formula is C10H11F3N2O2S. The number of nitrogens with one attached hydrogen (secondary N) is 1. The van der Waals surface area contributed by atoms with Gasteiger partial charge in [-0.25, -0.2) is 13.2 Å².